The molecule has 0 heterocycles. The van der Waals surface area contributed by atoms with E-state index in [-0.39, 0.29) is 0 Å². The largest absolute Gasteiger partial charge is 0.330 e. The molecule has 0 saturated carbocycles. The molecule has 0 aromatic heterocycles. The van der Waals surface area contributed by atoms with Crippen LogP contribution in [0.4, 0.5) is 0 Å². The molecule has 84 valence electrons. The SMILES string of the molecule is Cc1cc(Cl)cc(CNC(C)CCN)c1. The molecular formula is C12H19ClN2. The third-order valence-electron chi connectivity index (χ3n) is 2.36. The van der Waals surface area contributed by atoms with Crippen LogP contribution < -0.4 is 11.1 Å². The number of hydrogen-bond donors (Lipinski definition) is 2. The van der Waals surface area contributed by atoms with Crippen LogP contribution in [-0.2, 0) is 6.54 Å². The van der Waals surface area contributed by atoms with E-state index >= 15 is 0 Å². The van der Waals surface area contributed by atoms with Crippen molar-refractivity contribution in [2.24, 2.45) is 5.73 Å². The zero-order valence-corrected chi connectivity index (χ0v) is 10.1. The number of halogens is 1. The van der Waals surface area contributed by atoms with Gasteiger partial charge in [-0.1, -0.05) is 17.7 Å². The summed E-state index contributed by atoms with van der Waals surface area (Å²) in [6, 6.07) is 6.56. The topological polar surface area (TPSA) is 38.0 Å². The molecule has 15 heavy (non-hydrogen) atoms. The lowest BCUT2D eigenvalue weighted by Crippen LogP contribution is -2.27. The second-order valence-corrected chi connectivity index (χ2v) is 4.43. The summed E-state index contributed by atoms with van der Waals surface area (Å²) in [5, 5.41) is 4.22. The van der Waals surface area contributed by atoms with Gasteiger partial charge in [-0.05, 0) is 50.1 Å². The number of benzene rings is 1. The molecule has 1 aromatic carbocycles. The van der Waals surface area contributed by atoms with Gasteiger partial charge in [0.1, 0.15) is 0 Å². The lowest BCUT2D eigenvalue weighted by molar-refractivity contribution is 0.520. The Kier molecular flexibility index (Phi) is 5.09. The molecule has 3 N–H and O–H groups in total. The second kappa shape index (κ2) is 6.11. The Morgan fingerprint density at radius 2 is 2.13 bits per heavy atom. The predicted octanol–water partition coefficient (Wildman–Crippen LogP) is 2.48. The van der Waals surface area contributed by atoms with Gasteiger partial charge in [0.25, 0.3) is 0 Å². The van der Waals surface area contributed by atoms with Gasteiger partial charge in [-0.15, -0.1) is 0 Å². The first-order valence-electron chi connectivity index (χ1n) is 5.31. The van der Waals surface area contributed by atoms with Crippen molar-refractivity contribution in [1.29, 1.82) is 0 Å². The van der Waals surface area contributed by atoms with Crippen molar-refractivity contribution in [3.05, 3.63) is 34.3 Å². The van der Waals surface area contributed by atoms with Crippen molar-refractivity contribution >= 4 is 11.6 Å². The van der Waals surface area contributed by atoms with E-state index < -0.39 is 0 Å². The molecule has 1 atom stereocenters. The third-order valence-corrected chi connectivity index (χ3v) is 2.57. The van der Waals surface area contributed by atoms with Gasteiger partial charge in [0.2, 0.25) is 0 Å². The van der Waals surface area contributed by atoms with Gasteiger partial charge >= 0.3 is 0 Å². The summed E-state index contributed by atoms with van der Waals surface area (Å²) in [6.07, 6.45) is 1.000. The average molecular weight is 227 g/mol. The van der Waals surface area contributed by atoms with Crippen LogP contribution in [0.15, 0.2) is 18.2 Å². The van der Waals surface area contributed by atoms with Crippen molar-refractivity contribution in [2.75, 3.05) is 6.54 Å². The number of nitrogens with two attached hydrogens (primary N) is 1. The van der Waals surface area contributed by atoms with Gasteiger partial charge in [-0.25, -0.2) is 0 Å². The number of nitrogens with one attached hydrogen (secondary N) is 1. The first kappa shape index (κ1) is 12.5. The summed E-state index contributed by atoms with van der Waals surface area (Å²) in [5.41, 5.74) is 7.91. The Hall–Kier alpha value is -0.570. The summed E-state index contributed by atoms with van der Waals surface area (Å²) in [4.78, 5) is 0. The third kappa shape index (κ3) is 4.65. The average Bonchev–Trinajstić information content (AvgIpc) is 2.14. The minimum Gasteiger partial charge on any atom is -0.330 e. The van der Waals surface area contributed by atoms with Gasteiger partial charge in [0, 0.05) is 17.6 Å². The van der Waals surface area contributed by atoms with Crippen LogP contribution in [0.3, 0.4) is 0 Å². The molecule has 0 radical (unpaired) electrons. The molecule has 0 aliphatic rings. The van der Waals surface area contributed by atoms with Gasteiger partial charge in [0.15, 0.2) is 0 Å². The predicted molar refractivity (Wildman–Crippen MR) is 66.2 cm³/mol. The van der Waals surface area contributed by atoms with E-state index in [1.165, 1.54) is 11.1 Å². The van der Waals surface area contributed by atoms with Crippen LogP contribution in [0.25, 0.3) is 0 Å². The Morgan fingerprint density at radius 3 is 2.73 bits per heavy atom. The van der Waals surface area contributed by atoms with Gasteiger partial charge in [-0.2, -0.15) is 0 Å². The molecule has 0 fully saturated rings. The van der Waals surface area contributed by atoms with Crippen LogP contribution in [-0.4, -0.2) is 12.6 Å². The van der Waals surface area contributed by atoms with Crippen molar-refractivity contribution in [3.8, 4) is 0 Å². The smallest absolute Gasteiger partial charge is 0.0411 e. The van der Waals surface area contributed by atoms with Crippen molar-refractivity contribution < 1.29 is 0 Å². The highest BCUT2D eigenvalue weighted by atomic mass is 35.5. The summed E-state index contributed by atoms with van der Waals surface area (Å²) < 4.78 is 0. The molecule has 0 saturated heterocycles. The zero-order valence-electron chi connectivity index (χ0n) is 9.39. The van der Waals surface area contributed by atoms with E-state index in [4.69, 9.17) is 17.3 Å². The maximum Gasteiger partial charge on any atom is 0.0411 e. The van der Waals surface area contributed by atoms with Crippen LogP contribution in [0.2, 0.25) is 5.02 Å². The number of hydrogen-bond acceptors (Lipinski definition) is 2. The van der Waals surface area contributed by atoms with Gasteiger partial charge in [-0.3, -0.25) is 0 Å². The molecule has 1 aromatic rings. The van der Waals surface area contributed by atoms with E-state index in [9.17, 15) is 0 Å². The van der Waals surface area contributed by atoms with Crippen LogP contribution >= 0.6 is 11.6 Å². The lowest BCUT2D eigenvalue weighted by atomic mass is 10.1. The maximum absolute atomic E-state index is 5.98. The van der Waals surface area contributed by atoms with E-state index in [1.807, 2.05) is 12.1 Å². The quantitative estimate of drug-likeness (QED) is 0.810. The van der Waals surface area contributed by atoms with E-state index in [1.54, 1.807) is 0 Å². The molecular weight excluding hydrogens is 208 g/mol. The molecule has 1 rings (SSSR count). The summed E-state index contributed by atoms with van der Waals surface area (Å²) in [7, 11) is 0. The van der Waals surface area contributed by atoms with Crippen molar-refractivity contribution in [3.63, 3.8) is 0 Å². The first-order chi connectivity index (χ1) is 7.11. The fourth-order valence-corrected chi connectivity index (χ4v) is 1.87. The molecule has 1 unspecified atom stereocenters. The number of aryl methyl sites for hydroxylation is 1. The summed E-state index contributed by atoms with van der Waals surface area (Å²) in [5.74, 6) is 0. The van der Waals surface area contributed by atoms with E-state index in [0.717, 1.165) is 24.5 Å². The fraction of sp³-hybridized carbons (Fsp3) is 0.500. The molecule has 0 aliphatic carbocycles. The molecule has 2 nitrogen and oxygen atoms in total. The highest BCUT2D eigenvalue weighted by Crippen LogP contribution is 2.14. The summed E-state index contributed by atoms with van der Waals surface area (Å²) in [6.45, 7) is 5.77. The highest BCUT2D eigenvalue weighted by molar-refractivity contribution is 6.30. The summed E-state index contributed by atoms with van der Waals surface area (Å²) >= 11 is 5.98. The highest BCUT2D eigenvalue weighted by Gasteiger charge is 2.01. The molecule has 0 amide bonds. The second-order valence-electron chi connectivity index (χ2n) is 4.00. The first-order valence-corrected chi connectivity index (χ1v) is 5.69. The molecule has 0 bridgehead atoms. The van der Waals surface area contributed by atoms with E-state index in [0.29, 0.717) is 6.04 Å². The Morgan fingerprint density at radius 1 is 1.40 bits per heavy atom. The standard InChI is InChI=1S/C12H19ClN2/c1-9-5-11(7-12(13)6-9)8-15-10(2)3-4-14/h5-7,10,15H,3-4,8,14H2,1-2H3. The van der Waals surface area contributed by atoms with Crippen molar-refractivity contribution in [2.45, 2.75) is 32.9 Å². The normalized spacial score (nSPS) is 12.8. The van der Waals surface area contributed by atoms with Gasteiger partial charge < -0.3 is 11.1 Å². The van der Waals surface area contributed by atoms with E-state index in [2.05, 4.69) is 25.2 Å². The minimum atomic E-state index is 0.453. The van der Waals surface area contributed by atoms with Crippen molar-refractivity contribution in [1.82, 2.24) is 5.32 Å². The van der Waals surface area contributed by atoms with Crippen LogP contribution in [0.5, 0.6) is 0 Å². The maximum atomic E-state index is 5.98. The minimum absolute atomic E-state index is 0.453. The lowest BCUT2D eigenvalue weighted by Gasteiger charge is -2.13. The molecule has 3 heteroatoms. The monoisotopic (exact) mass is 226 g/mol. The van der Waals surface area contributed by atoms with Gasteiger partial charge in [0.05, 0.1) is 0 Å². The Bertz CT molecular complexity index is 292. The zero-order chi connectivity index (χ0) is 11.3. The Balaban J connectivity index is 2.50. The van der Waals surface area contributed by atoms with Crippen LogP contribution in [0.1, 0.15) is 24.5 Å². The number of rotatable bonds is 5. The van der Waals surface area contributed by atoms with Crippen LogP contribution in [0, 0.1) is 6.92 Å². The fourth-order valence-electron chi connectivity index (χ4n) is 1.56. The molecule has 0 aliphatic heterocycles. The molecule has 0 spiro atoms. The Labute approximate surface area is 96.8 Å².